The van der Waals surface area contributed by atoms with Crippen molar-refractivity contribution in [2.75, 3.05) is 0 Å². The van der Waals surface area contributed by atoms with Gasteiger partial charge in [-0.3, -0.25) is 9.55 Å². The van der Waals surface area contributed by atoms with Gasteiger partial charge in [0.25, 0.3) is 0 Å². The number of rotatable bonds is 1. The van der Waals surface area contributed by atoms with Crippen LogP contribution in [0.5, 0.6) is 0 Å². The van der Waals surface area contributed by atoms with Crippen molar-refractivity contribution in [1.82, 2.24) is 14.5 Å². The zero-order chi connectivity index (χ0) is 12.7. The first kappa shape index (κ1) is 11.2. The van der Waals surface area contributed by atoms with Crippen molar-refractivity contribution in [2.45, 2.75) is 12.1 Å². The third kappa shape index (κ3) is 1.67. The quantitative estimate of drug-likeness (QED) is 0.680. The fraction of sp³-hybridized carbons (Fsp3) is 0.0769. The molecule has 2 aromatic heterocycles. The Bertz CT molecular complexity index is 736. The molecule has 3 aromatic rings. The second kappa shape index (κ2) is 4.10. The molecule has 3 nitrogen and oxygen atoms in total. The van der Waals surface area contributed by atoms with Crippen LogP contribution in [0.4, 0.5) is 4.39 Å². The lowest BCUT2D eigenvalue weighted by molar-refractivity contribution is 0.615. The molecular formula is C13H10FN3S. The summed E-state index contributed by atoms with van der Waals surface area (Å²) < 4.78 is 15.7. The van der Waals surface area contributed by atoms with Gasteiger partial charge in [0.1, 0.15) is 5.82 Å². The Morgan fingerprint density at radius 3 is 2.78 bits per heavy atom. The van der Waals surface area contributed by atoms with E-state index in [1.54, 1.807) is 23.0 Å². The zero-order valence-electron chi connectivity index (χ0n) is 9.63. The number of hydrogen-bond donors (Lipinski definition) is 1. The summed E-state index contributed by atoms with van der Waals surface area (Å²) >= 11 is 4.22. The Hall–Kier alpha value is -1.88. The van der Waals surface area contributed by atoms with Gasteiger partial charge < -0.3 is 0 Å². The number of fused-ring (bicyclic) bond motifs is 1. The largest absolute Gasteiger partial charge is 0.291 e. The van der Waals surface area contributed by atoms with Crippen molar-refractivity contribution in [3.63, 3.8) is 0 Å². The van der Waals surface area contributed by atoms with Gasteiger partial charge in [-0.15, -0.1) is 12.6 Å². The van der Waals surface area contributed by atoms with Crippen LogP contribution >= 0.6 is 12.6 Å². The van der Waals surface area contributed by atoms with E-state index in [0.29, 0.717) is 10.8 Å². The first-order valence-electron chi connectivity index (χ1n) is 5.45. The number of aromatic nitrogens is 3. The first-order chi connectivity index (χ1) is 8.66. The molecule has 0 fully saturated rings. The molecule has 0 aliphatic carbocycles. The van der Waals surface area contributed by atoms with Gasteiger partial charge in [-0.25, -0.2) is 9.37 Å². The molecule has 0 saturated carbocycles. The molecule has 18 heavy (non-hydrogen) atoms. The molecule has 2 heterocycles. The highest BCUT2D eigenvalue weighted by molar-refractivity contribution is 7.80. The van der Waals surface area contributed by atoms with E-state index >= 15 is 0 Å². The van der Waals surface area contributed by atoms with Crippen LogP contribution in [0.2, 0.25) is 0 Å². The Kier molecular flexibility index (Phi) is 2.56. The van der Waals surface area contributed by atoms with Crippen molar-refractivity contribution >= 4 is 23.5 Å². The van der Waals surface area contributed by atoms with Crippen LogP contribution in [0, 0.1) is 12.7 Å². The molecule has 0 atom stereocenters. The smallest absolute Gasteiger partial charge is 0.169 e. The second-order valence-electron chi connectivity index (χ2n) is 4.01. The van der Waals surface area contributed by atoms with Gasteiger partial charge in [0, 0.05) is 23.5 Å². The van der Waals surface area contributed by atoms with Crippen LogP contribution in [0.25, 0.3) is 16.6 Å². The van der Waals surface area contributed by atoms with Gasteiger partial charge in [0.15, 0.2) is 5.16 Å². The summed E-state index contributed by atoms with van der Waals surface area (Å²) in [5.41, 5.74) is 2.09. The number of benzene rings is 1. The molecule has 5 heteroatoms. The average Bonchev–Trinajstić information content (AvgIpc) is 2.76. The van der Waals surface area contributed by atoms with Crippen LogP contribution in [-0.4, -0.2) is 14.5 Å². The Labute approximate surface area is 109 Å². The summed E-state index contributed by atoms with van der Waals surface area (Å²) in [5, 5.41) is 1.19. The van der Waals surface area contributed by atoms with E-state index < -0.39 is 0 Å². The predicted molar refractivity (Wildman–Crippen MR) is 70.8 cm³/mol. The van der Waals surface area contributed by atoms with Gasteiger partial charge in [-0.1, -0.05) is 0 Å². The van der Waals surface area contributed by atoms with E-state index in [9.17, 15) is 4.39 Å². The van der Waals surface area contributed by atoms with Gasteiger partial charge in [-0.2, -0.15) is 0 Å². The van der Waals surface area contributed by atoms with E-state index in [2.05, 4.69) is 22.6 Å². The zero-order valence-corrected chi connectivity index (χ0v) is 10.5. The van der Waals surface area contributed by atoms with Crippen molar-refractivity contribution in [2.24, 2.45) is 0 Å². The van der Waals surface area contributed by atoms with Crippen LogP contribution in [0.3, 0.4) is 0 Å². The number of hydrogen-bond acceptors (Lipinski definition) is 3. The molecule has 0 spiro atoms. The average molecular weight is 259 g/mol. The molecule has 0 bridgehead atoms. The highest BCUT2D eigenvalue weighted by Gasteiger charge is 2.12. The highest BCUT2D eigenvalue weighted by atomic mass is 32.1. The SMILES string of the molecule is Cc1ccc2c(-n3ccnc3S)c(F)ccc2n1. The monoisotopic (exact) mass is 259 g/mol. The molecule has 90 valence electrons. The number of thiol groups is 1. The lowest BCUT2D eigenvalue weighted by Crippen LogP contribution is -1.99. The summed E-state index contributed by atoms with van der Waals surface area (Å²) in [6, 6.07) is 6.82. The lowest BCUT2D eigenvalue weighted by Gasteiger charge is -2.10. The number of imidazole rings is 1. The van der Waals surface area contributed by atoms with E-state index in [1.165, 1.54) is 6.07 Å². The summed E-state index contributed by atoms with van der Waals surface area (Å²) in [4.78, 5) is 8.39. The standard InChI is InChI=1S/C13H10FN3S/c1-8-2-3-9-11(16-8)5-4-10(14)12(9)17-7-6-15-13(17)18/h2-7H,1H3,(H,15,18). The number of nitrogens with zero attached hydrogens (tertiary/aromatic N) is 3. The fourth-order valence-corrected chi connectivity index (χ4v) is 2.21. The molecule has 0 N–H and O–H groups in total. The van der Waals surface area contributed by atoms with Crippen LogP contribution in [-0.2, 0) is 0 Å². The van der Waals surface area contributed by atoms with Gasteiger partial charge in [0.05, 0.1) is 11.2 Å². The van der Waals surface area contributed by atoms with E-state index in [-0.39, 0.29) is 5.82 Å². The normalized spacial score (nSPS) is 11.1. The van der Waals surface area contributed by atoms with Crippen molar-refractivity contribution in [3.05, 3.63) is 48.2 Å². The topological polar surface area (TPSA) is 30.7 Å². The molecular weight excluding hydrogens is 249 g/mol. The highest BCUT2D eigenvalue weighted by Crippen LogP contribution is 2.26. The van der Waals surface area contributed by atoms with Gasteiger partial charge in [-0.05, 0) is 31.2 Å². The Morgan fingerprint density at radius 2 is 2.06 bits per heavy atom. The van der Waals surface area contributed by atoms with Gasteiger partial charge >= 0.3 is 0 Å². The lowest BCUT2D eigenvalue weighted by atomic mass is 10.1. The minimum atomic E-state index is -0.318. The summed E-state index contributed by atoms with van der Waals surface area (Å²) in [6.45, 7) is 1.91. The predicted octanol–water partition coefficient (Wildman–Crippen LogP) is 3.16. The molecule has 0 aliphatic heterocycles. The minimum absolute atomic E-state index is 0.318. The molecule has 0 amide bonds. The number of aryl methyl sites for hydroxylation is 1. The maximum Gasteiger partial charge on any atom is 0.169 e. The van der Waals surface area contributed by atoms with Crippen LogP contribution in [0.15, 0.2) is 41.8 Å². The Balaban J connectivity index is 2.41. The third-order valence-corrected chi connectivity index (χ3v) is 3.13. The third-order valence-electron chi connectivity index (χ3n) is 2.79. The number of halogens is 1. The first-order valence-corrected chi connectivity index (χ1v) is 5.90. The van der Waals surface area contributed by atoms with Crippen LogP contribution in [0.1, 0.15) is 5.69 Å². The van der Waals surface area contributed by atoms with Crippen molar-refractivity contribution < 1.29 is 4.39 Å². The van der Waals surface area contributed by atoms with Crippen LogP contribution < -0.4 is 0 Å². The minimum Gasteiger partial charge on any atom is -0.291 e. The fourth-order valence-electron chi connectivity index (χ4n) is 1.98. The van der Waals surface area contributed by atoms with Crippen molar-refractivity contribution in [1.29, 1.82) is 0 Å². The molecule has 0 aliphatic rings. The summed E-state index contributed by atoms with van der Waals surface area (Å²) in [6.07, 6.45) is 3.27. The maximum absolute atomic E-state index is 14.1. The molecule has 1 aromatic carbocycles. The number of pyridine rings is 1. The van der Waals surface area contributed by atoms with E-state index in [1.807, 2.05) is 19.1 Å². The molecule has 0 unspecified atom stereocenters. The second-order valence-corrected chi connectivity index (χ2v) is 4.41. The van der Waals surface area contributed by atoms with Crippen molar-refractivity contribution in [3.8, 4) is 5.69 Å². The van der Waals surface area contributed by atoms with E-state index in [0.717, 1.165) is 16.6 Å². The maximum atomic E-state index is 14.1. The molecule has 3 rings (SSSR count). The molecule has 0 saturated heterocycles. The molecule has 0 radical (unpaired) electrons. The van der Waals surface area contributed by atoms with Gasteiger partial charge in [0.2, 0.25) is 0 Å². The Morgan fingerprint density at radius 1 is 1.22 bits per heavy atom. The summed E-state index contributed by atoms with van der Waals surface area (Å²) in [7, 11) is 0. The summed E-state index contributed by atoms with van der Waals surface area (Å²) in [5.74, 6) is -0.318. The van der Waals surface area contributed by atoms with E-state index in [4.69, 9.17) is 0 Å².